The fourth-order valence-electron chi connectivity index (χ4n) is 4.16. The Balaban J connectivity index is 1.66. The molecule has 0 aliphatic carbocycles. The van der Waals surface area contributed by atoms with Gasteiger partial charge in [-0.3, -0.25) is 14.6 Å². The molecule has 2 saturated heterocycles. The summed E-state index contributed by atoms with van der Waals surface area (Å²) >= 11 is 0. The third kappa shape index (κ3) is 5.52. The number of carbonyl (C=O) groups is 2. The summed E-state index contributed by atoms with van der Waals surface area (Å²) < 4.78 is 23.7. The summed E-state index contributed by atoms with van der Waals surface area (Å²) in [7, 11) is -2.63. The van der Waals surface area contributed by atoms with E-state index in [2.05, 4.69) is 14.7 Å². The van der Waals surface area contributed by atoms with Crippen LogP contribution in [0.15, 0.2) is 28.9 Å². The van der Waals surface area contributed by atoms with E-state index in [-0.39, 0.29) is 29.4 Å². The highest BCUT2D eigenvalue weighted by atomic mass is 32.2. The van der Waals surface area contributed by atoms with Crippen LogP contribution in [0.5, 0.6) is 0 Å². The van der Waals surface area contributed by atoms with E-state index in [1.54, 1.807) is 32.3 Å². The van der Waals surface area contributed by atoms with Gasteiger partial charge in [-0.15, -0.1) is 0 Å². The molecule has 1 N–H and O–H groups in total. The van der Waals surface area contributed by atoms with Crippen molar-refractivity contribution in [2.24, 2.45) is 10.3 Å². The summed E-state index contributed by atoms with van der Waals surface area (Å²) in [6, 6.07) is 3.70. The highest BCUT2D eigenvalue weighted by Gasteiger charge is 2.43. The lowest BCUT2D eigenvalue weighted by Crippen LogP contribution is -2.52. The van der Waals surface area contributed by atoms with Crippen LogP contribution in [0.4, 0.5) is 0 Å². The Morgan fingerprint density at radius 1 is 1.39 bits per heavy atom. The summed E-state index contributed by atoms with van der Waals surface area (Å²) in [5.74, 6) is 0.394. The summed E-state index contributed by atoms with van der Waals surface area (Å²) in [5.41, 5.74) is -0.501. The number of pyridine rings is 1. The maximum absolute atomic E-state index is 13.4. The van der Waals surface area contributed by atoms with Crippen molar-refractivity contribution in [3.05, 3.63) is 30.1 Å². The monoisotopic (exact) mass is 449 g/mol. The first kappa shape index (κ1) is 23.9. The van der Waals surface area contributed by atoms with E-state index >= 15 is 0 Å². The molecule has 2 amide bonds. The van der Waals surface area contributed by atoms with Gasteiger partial charge in [-0.25, -0.2) is 4.21 Å². The quantitative estimate of drug-likeness (QED) is 0.744. The minimum atomic E-state index is -2.63. The van der Waals surface area contributed by atoms with Gasteiger partial charge in [0.15, 0.2) is 0 Å². The number of carbonyl (C=O) groups excluding carboxylic acids is 2. The fourth-order valence-corrected chi connectivity index (χ4v) is 6.46. The van der Waals surface area contributed by atoms with Crippen molar-refractivity contribution < 1.29 is 18.5 Å². The Labute approximate surface area is 185 Å². The minimum Gasteiger partial charge on any atom is -0.375 e. The molecule has 7 nitrogen and oxygen atoms in total. The van der Waals surface area contributed by atoms with Crippen molar-refractivity contribution in [1.82, 2.24) is 10.3 Å². The molecule has 2 unspecified atom stereocenters. The van der Waals surface area contributed by atoms with Gasteiger partial charge in [-0.1, -0.05) is 19.9 Å². The van der Waals surface area contributed by atoms with E-state index in [1.165, 1.54) is 0 Å². The van der Waals surface area contributed by atoms with Crippen LogP contribution < -0.4 is 5.32 Å². The maximum atomic E-state index is 13.4. The predicted octanol–water partition coefficient (Wildman–Crippen LogP) is 3.23. The number of hydrogen-bond acceptors (Lipinski definition) is 5. The van der Waals surface area contributed by atoms with Crippen LogP contribution in [-0.2, 0) is 29.5 Å². The van der Waals surface area contributed by atoms with Gasteiger partial charge in [0.1, 0.15) is 0 Å². The number of rotatable bonds is 5. The number of nitrogens with one attached hydrogen (secondary N) is 1. The molecule has 31 heavy (non-hydrogen) atoms. The van der Waals surface area contributed by atoms with Crippen LogP contribution in [0.2, 0.25) is 0 Å². The van der Waals surface area contributed by atoms with E-state index in [4.69, 9.17) is 4.74 Å². The van der Waals surface area contributed by atoms with E-state index in [1.807, 2.05) is 19.9 Å². The molecule has 0 aromatic carbocycles. The number of amides is 2. The lowest BCUT2D eigenvalue weighted by Gasteiger charge is -2.44. The average Bonchev–Trinajstić information content (AvgIpc) is 2.76. The van der Waals surface area contributed by atoms with E-state index in [9.17, 15) is 13.8 Å². The van der Waals surface area contributed by atoms with Gasteiger partial charge in [-0.05, 0) is 57.6 Å². The number of hydrogen-bond donors (Lipinski definition) is 1. The van der Waals surface area contributed by atoms with Crippen molar-refractivity contribution in [1.29, 1.82) is 0 Å². The van der Waals surface area contributed by atoms with Crippen LogP contribution >= 0.6 is 0 Å². The fraction of sp³-hybridized carbons (Fsp3) is 0.696. The Morgan fingerprint density at radius 2 is 2.10 bits per heavy atom. The molecule has 0 radical (unpaired) electrons. The molecule has 8 heteroatoms. The number of nitrogens with zero attached hydrogens (tertiary/aromatic N) is 2. The van der Waals surface area contributed by atoms with Crippen LogP contribution in [-0.4, -0.2) is 50.8 Å². The normalized spacial score (nSPS) is 29.9. The Kier molecular flexibility index (Phi) is 7.21. The third-order valence-corrected chi connectivity index (χ3v) is 9.00. The van der Waals surface area contributed by atoms with E-state index < -0.39 is 15.1 Å². The van der Waals surface area contributed by atoms with E-state index in [0.717, 1.165) is 24.8 Å². The van der Waals surface area contributed by atoms with Crippen molar-refractivity contribution in [3.8, 4) is 0 Å². The Hall–Kier alpha value is -1.80. The van der Waals surface area contributed by atoms with Crippen molar-refractivity contribution in [2.75, 3.05) is 18.1 Å². The predicted molar refractivity (Wildman–Crippen MR) is 121 cm³/mol. The molecule has 2 fully saturated rings. The molecule has 2 aliphatic heterocycles. The molecule has 3 heterocycles. The second-order valence-corrected chi connectivity index (χ2v) is 12.0. The van der Waals surface area contributed by atoms with Gasteiger partial charge in [0, 0.05) is 42.5 Å². The average molecular weight is 450 g/mol. The molecule has 3 rings (SSSR count). The highest BCUT2D eigenvalue weighted by molar-refractivity contribution is 7.93. The number of ether oxygens (including phenoxy) is 1. The number of aromatic nitrogens is 1. The van der Waals surface area contributed by atoms with Gasteiger partial charge in [0.05, 0.1) is 20.7 Å². The zero-order valence-electron chi connectivity index (χ0n) is 19.1. The second-order valence-electron chi connectivity index (χ2n) is 9.48. The lowest BCUT2D eigenvalue weighted by atomic mass is 9.85. The van der Waals surface area contributed by atoms with Crippen LogP contribution in [0.3, 0.4) is 0 Å². The van der Waals surface area contributed by atoms with Gasteiger partial charge in [0.2, 0.25) is 5.91 Å². The van der Waals surface area contributed by atoms with Gasteiger partial charge < -0.3 is 10.1 Å². The van der Waals surface area contributed by atoms with Crippen molar-refractivity contribution in [2.45, 2.75) is 76.9 Å². The second kappa shape index (κ2) is 9.36. The molecule has 1 aromatic rings. The lowest BCUT2D eigenvalue weighted by molar-refractivity contribution is -0.129. The summed E-state index contributed by atoms with van der Waals surface area (Å²) in [4.78, 5) is 29.3. The molecular weight excluding hydrogens is 414 g/mol. The SMILES string of the molecule is CCC(C)C(=O)NC1CCOC2(CCS(=O)(=NC(=O)C(C)(C)c3cccnc3)CC2)C1. The highest BCUT2D eigenvalue weighted by Crippen LogP contribution is 2.37. The smallest absolute Gasteiger partial charge is 0.263 e. The molecule has 0 bridgehead atoms. The first-order valence-corrected chi connectivity index (χ1v) is 13.1. The Morgan fingerprint density at radius 3 is 2.71 bits per heavy atom. The molecular formula is C23H35N3O4S. The zero-order chi connectivity index (χ0) is 22.7. The topological polar surface area (TPSA) is 97.7 Å². The summed E-state index contributed by atoms with van der Waals surface area (Å²) in [5, 5.41) is 3.16. The molecule has 2 aliphatic rings. The first-order valence-electron chi connectivity index (χ1n) is 11.2. The van der Waals surface area contributed by atoms with E-state index in [0.29, 0.717) is 31.0 Å². The van der Waals surface area contributed by atoms with Gasteiger partial charge in [-0.2, -0.15) is 4.36 Å². The van der Waals surface area contributed by atoms with Crippen LogP contribution in [0.1, 0.15) is 65.4 Å². The first-order chi connectivity index (χ1) is 14.6. The molecule has 0 saturated carbocycles. The third-order valence-electron chi connectivity index (χ3n) is 6.82. The van der Waals surface area contributed by atoms with Crippen LogP contribution in [0, 0.1) is 5.92 Å². The molecule has 1 spiro atoms. The van der Waals surface area contributed by atoms with Crippen LogP contribution in [0.25, 0.3) is 0 Å². The molecule has 1 aromatic heterocycles. The largest absolute Gasteiger partial charge is 0.375 e. The summed E-state index contributed by atoms with van der Waals surface area (Å²) in [6.07, 6.45) is 6.82. The molecule has 172 valence electrons. The van der Waals surface area contributed by atoms with Crippen molar-refractivity contribution in [3.63, 3.8) is 0 Å². The standard InChI is InChI=1S/C23H35N3O4S/c1-5-17(2)20(27)25-19-8-12-30-23(15-19)9-13-31(29,14-10-23)26-21(28)22(3,4)18-7-6-11-24-16-18/h6-7,11,16-17,19H,5,8-10,12-15H2,1-4H3,(H,25,27). The zero-order valence-corrected chi connectivity index (χ0v) is 19.9. The van der Waals surface area contributed by atoms with Crippen molar-refractivity contribution >= 4 is 21.5 Å². The summed E-state index contributed by atoms with van der Waals surface area (Å²) in [6.45, 7) is 8.10. The van der Waals surface area contributed by atoms with Gasteiger partial charge >= 0.3 is 0 Å². The maximum Gasteiger partial charge on any atom is 0.263 e. The Bertz CT molecular complexity index is 908. The molecule has 2 atom stereocenters. The minimum absolute atomic E-state index is 0.00290. The van der Waals surface area contributed by atoms with Gasteiger partial charge in [0.25, 0.3) is 5.91 Å².